The molecule has 0 aliphatic carbocycles. The van der Waals surface area contributed by atoms with Gasteiger partial charge in [0.25, 0.3) is 0 Å². The van der Waals surface area contributed by atoms with Crippen molar-refractivity contribution in [2.24, 2.45) is 0 Å². The minimum Gasteiger partial charge on any atom is -0.456 e. The van der Waals surface area contributed by atoms with E-state index in [-0.39, 0.29) is 27.8 Å². The highest BCUT2D eigenvalue weighted by atomic mass is 16.3. The van der Waals surface area contributed by atoms with E-state index >= 15 is 0 Å². The normalized spacial score (nSPS) is 14.7. The van der Waals surface area contributed by atoms with Crippen molar-refractivity contribution in [1.29, 1.82) is 0 Å². The third-order valence-electron chi connectivity index (χ3n) is 9.93. The number of benzene rings is 9. The topological polar surface area (TPSA) is 29.5 Å². The van der Waals surface area contributed by atoms with Crippen molar-refractivity contribution >= 4 is 71.7 Å². The summed E-state index contributed by atoms with van der Waals surface area (Å²) in [4.78, 5) is 0.950. The van der Waals surface area contributed by atoms with Crippen LogP contribution in [0.1, 0.15) is 16.4 Å². The van der Waals surface area contributed by atoms with Crippen molar-refractivity contribution < 1.29 is 25.3 Å². The van der Waals surface area contributed by atoms with E-state index < -0.39 is 89.6 Å². The number of rotatable bonds is 6. The summed E-state index contributed by atoms with van der Waals surface area (Å²) in [5.41, 5.74) is 0.663. The van der Waals surface area contributed by atoms with E-state index in [1.807, 2.05) is 60.7 Å². The van der Waals surface area contributed by atoms with E-state index in [9.17, 15) is 13.7 Å². The number of anilines is 3. The smallest absolute Gasteiger partial charge is 0.143 e. The molecule has 0 atom stereocenters. The lowest BCUT2D eigenvalue weighted by atomic mass is 9.96. The molecule has 3 heteroatoms. The van der Waals surface area contributed by atoms with Crippen LogP contribution < -0.4 is 4.90 Å². The molecule has 9 aromatic carbocycles. The summed E-state index contributed by atoms with van der Waals surface area (Å²) in [7, 11) is 0. The summed E-state index contributed by atoms with van der Waals surface area (Å²) in [6, 6.07) is 29.9. The molecule has 258 valence electrons. The summed E-state index contributed by atoms with van der Waals surface area (Å²) in [6.45, 7) is 0. The molecule has 0 aliphatic heterocycles. The summed E-state index contributed by atoms with van der Waals surface area (Å²) in [5, 5.41) is 4.29. The summed E-state index contributed by atoms with van der Waals surface area (Å²) in [5.74, 6) is 0. The van der Waals surface area contributed by atoms with Gasteiger partial charge in [-0.05, 0) is 87.5 Å². The fourth-order valence-electron chi connectivity index (χ4n) is 7.39. The standard InChI is InChI=1S/C52H33NO2/c1-2-12-34(13-3-1)35-24-28-39(29-25-35)53(40-30-26-36(27-31-40)41-18-10-20-45-43-17-7-9-22-48(43)55-52(41)45)47-21-8-6-16-42(47)44-19-11-23-49-51(44)46-32-37-14-4-5-15-38(37)33-50(46)54-49/h1-33H/i6D,8D,16D,21D,24D,25D,26D,27D,28D,29D,30D,31D. The van der Waals surface area contributed by atoms with Gasteiger partial charge in [-0.2, -0.15) is 0 Å². The Morgan fingerprint density at radius 2 is 1.04 bits per heavy atom. The van der Waals surface area contributed by atoms with Crippen LogP contribution in [0.5, 0.6) is 0 Å². The van der Waals surface area contributed by atoms with Gasteiger partial charge in [-0.1, -0.05) is 145 Å². The molecule has 0 aliphatic rings. The lowest BCUT2D eigenvalue weighted by Crippen LogP contribution is -2.11. The zero-order valence-corrected chi connectivity index (χ0v) is 28.9. The quantitative estimate of drug-likeness (QED) is 0.172. The van der Waals surface area contributed by atoms with Gasteiger partial charge in [0.2, 0.25) is 0 Å². The van der Waals surface area contributed by atoms with Gasteiger partial charge in [-0.25, -0.2) is 0 Å². The lowest BCUT2D eigenvalue weighted by Gasteiger charge is -2.28. The molecule has 0 saturated heterocycles. The highest BCUT2D eigenvalue weighted by Crippen LogP contribution is 2.46. The molecule has 0 fully saturated rings. The average molecular weight is 716 g/mol. The molecule has 0 N–H and O–H groups in total. The highest BCUT2D eigenvalue weighted by molar-refractivity contribution is 6.17. The number of nitrogens with zero attached hydrogens (tertiary/aromatic N) is 1. The molecule has 0 unspecified atom stereocenters. The molecule has 2 heterocycles. The van der Waals surface area contributed by atoms with Crippen LogP contribution in [0.15, 0.2) is 209 Å². The molecule has 3 nitrogen and oxygen atoms in total. The van der Waals surface area contributed by atoms with Crippen LogP contribution in [0.25, 0.3) is 88.0 Å². The Kier molecular flexibility index (Phi) is 4.91. The molecule has 0 bridgehead atoms. The maximum Gasteiger partial charge on any atom is 0.143 e. The zero-order chi connectivity index (χ0) is 46.7. The molecule has 0 saturated carbocycles. The van der Waals surface area contributed by atoms with Gasteiger partial charge in [0.1, 0.15) is 22.3 Å². The molecule has 55 heavy (non-hydrogen) atoms. The van der Waals surface area contributed by atoms with Gasteiger partial charge in [0.15, 0.2) is 0 Å². The van der Waals surface area contributed by atoms with E-state index in [2.05, 4.69) is 0 Å². The van der Waals surface area contributed by atoms with E-state index in [0.29, 0.717) is 44.1 Å². The molecule has 2 aromatic heterocycles. The average Bonchev–Trinajstić information content (AvgIpc) is 3.91. The van der Waals surface area contributed by atoms with Gasteiger partial charge in [0.05, 0.1) is 22.1 Å². The highest BCUT2D eigenvalue weighted by Gasteiger charge is 2.21. The molecular weight excluding hydrogens is 671 g/mol. The SMILES string of the molecule is [2H]c1c([2H])c([2H])c(N(c2c([2H])c([2H])c(-c3ccccc3)c([2H])c2[2H])c2c([2H])c([2H])c(-c3cccc4c3oc3ccccc34)c([2H])c2[2H])c(-c2cccc3oc4cc5ccccc5cc4c23)c1[2H]. The Morgan fingerprint density at radius 1 is 0.400 bits per heavy atom. The second-order valence-corrected chi connectivity index (χ2v) is 13.1. The summed E-state index contributed by atoms with van der Waals surface area (Å²) >= 11 is 0. The Hall–Kier alpha value is -7.36. The summed E-state index contributed by atoms with van der Waals surface area (Å²) in [6.07, 6.45) is 0. The van der Waals surface area contributed by atoms with Gasteiger partial charge in [0, 0.05) is 44.0 Å². The first-order valence-electron chi connectivity index (χ1n) is 23.7. The van der Waals surface area contributed by atoms with Gasteiger partial charge >= 0.3 is 0 Å². The van der Waals surface area contributed by atoms with Crippen molar-refractivity contribution in [1.82, 2.24) is 0 Å². The second-order valence-electron chi connectivity index (χ2n) is 13.1. The Bertz CT molecular complexity index is 3860. The van der Waals surface area contributed by atoms with Crippen LogP contribution in [0.2, 0.25) is 0 Å². The molecule has 0 spiro atoms. The zero-order valence-electron chi connectivity index (χ0n) is 40.9. The van der Waals surface area contributed by atoms with Crippen LogP contribution in [0, 0.1) is 0 Å². The molecule has 0 radical (unpaired) electrons. The first-order chi connectivity index (χ1) is 32.3. The number of para-hydroxylation sites is 3. The second kappa shape index (κ2) is 12.6. The maximum absolute atomic E-state index is 9.79. The molecule has 11 aromatic rings. The van der Waals surface area contributed by atoms with Crippen LogP contribution in [-0.4, -0.2) is 0 Å². The van der Waals surface area contributed by atoms with Crippen LogP contribution in [-0.2, 0) is 0 Å². The van der Waals surface area contributed by atoms with Crippen LogP contribution in [0.4, 0.5) is 17.1 Å². The lowest BCUT2D eigenvalue weighted by molar-refractivity contribution is 0.669. The fourth-order valence-corrected chi connectivity index (χ4v) is 7.39. The minimum absolute atomic E-state index is 0.0508. The maximum atomic E-state index is 9.79. The van der Waals surface area contributed by atoms with Crippen molar-refractivity contribution in [3.8, 4) is 33.4 Å². The first kappa shape index (κ1) is 21.4. The largest absolute Gasteiger partial charge is 0.456 e. The van der Waals surface area contributed by atoms with Crippen LogP contribution >= 0.6 is 0 Å². The predicted molar refractivity (Wildman–Crippen MR) is 229 cm³/mol. The number of hydrogen-bond acceptors (Lipinski definition) is 3. The fraction of sp³-hybridized carbons (Fsp3) is 0. The van der Waals surface area contributed by atoms with Gasteiger partial charge in [-0.3, -0.25) is 0 Å². The Balaban J connectivity index is 1.28. The van der Waals surface area contributed by atoms with Crippen molar-refractivity contribution in [3.63, 3.8) is 0 Å². The van der Waals surface area contributed by atoms with E-state index in [0.717, 1.165) is 21.1 Å². The van der Waals surface area contributed by atoms with Gasteiger partial charge < -0.3 is 13.7 Å². The predicted octanol–water partition coefficient (Wildman–Crippen LogP) is 15.1. The number of furan rings is 2. The molecule has 11 rings (SSSR count). The third-order valence-corrected chi connectivity index (χ3v) is 9.93. The van der Waals surface area contributed by atoms with Crippen molar-refractivity contribution in [3.05, 3.63) is 200 Å². The number of fused-ring (bicyclic) bond motifs is 7. The first-order valence-corrected chi connectivity index (χ1v) is 17.7. The monoisotopic (exact) mass is 715 g/mol. The molecule has 0 amide bonds. The van der Waals surface area contributed by atoms with E-state index in [1.165, 1.54) is 0 Å². The Labute approximate surface area is 334 Å². The summed E-state index contributed by atoms with van der Waals surface area (Å²) < 4.78 is 127. The van der Waals surface area contributed by atoms with E-state index in [4.69, 9.17) is 11.6 Å². The number of hydrogen-bond donors (Lipinski definition) is 0. The third kappa shape index (κ3) is 5.20. The Morgan fingerprint density at radius 3 is 1.85 bits per heavy atom. The molecular formula is C52H33NO2. The van der Waals surface area contributed by atoms with E-state index in [1.54, 1.807) is 66.7 Å². The minimum atomic E-state index is -0.733. The van der Waals surface area contributed by atoms with Gasteiger partial charge in [-0.15, -0.1) is 0 Å². The van der Waals surface area contributed by atoms with Crippen molar-refractivity contribution in [2.45, 2.75) is 0 Å². The van der Waals surface area contributed by atoms with Crippen LogP contribution in [0.3, 0.4) is 0 Å². The van der Waals surface area contributed by atoms with Crippen molar-refractivity contribution in [2.75, 3.05) is 4.90 Å².